The first-order valence-electron chi connectivity index (χ1n) is 11.3. The predicted octanol–water partition coefficient (Wildman–Crippen LogP) is 7.78. The Morgan fingerprint density at radius 1 is 1.03 bits per heavy atom. The highest BCUT2D eigenvalue weighted by atomic mass is 19.1. The summed E-state index contributed by atoms with van der Waals surface area (Å²) in [5.41, 5.74) is 0.774. The van der Waals surface area contributed by atoms with Crippen LogP contribution in [0.1, 0.15) is 70.3 Å². The van der Waals surface area contributed by atoms with Gasteiger partial charge in [0.25, 0.3) is 0 Å². The molecule has 3 heteroatoms. The van der Waals surface area contributed by atoms with Gasteiger partial charge in [-0.25, -0.2) is 8.78 Å². The smallest absolute Gasteiger partial charge is 0.165 e. The van der Waals surface area contributed by atoms with Crippen molar-refractivity contribution in [1.82, 2.24) is 0 Å². The third-order valence-electron chi connectivity index (χ3n) is 7.35. The third kappa shape index (κ3) is 4.20. The molecule has 0 bridgehead atoms. The van der Waals surface area contributed by atoms with Gasteiger partial charge < -0.3 is 4.74 Å². The lowest BCUT2D eigenvalue weighted by atomic mass is 9.63. The Labute approximate surface area is 173 Å². The van der Waals surface area contributed by atoms with E-state index in [9.17, 15) is 4.39 Å². The van der Waals surface area contributed by atoms with Crippen LogP contribution in [0.4, 0.5) is 8.78 Å². The second-order valence-electron chi connectivity index (χ2n) is 8.97. The molecule has 0 N–H and O–H groups in total. The minimum Gasteiger partial charge on any atom is -0.486 e. The quantitative estimate of drug-likeness (QED) is 0.467. The fourth-order valence-corrected chi connectivity index (χ4v) is 5.60. The highest BCUT2D eigenvalue weighted by Crippen LogP contribution is 2.49. The van der Waals surface area contributed by atoms with Crippen molar-refractivity contribution in [2.45, 2.75) is 64.7 Å². The number of hydrogen-bond acceptors (Lipinski definition) is 1. The van der Waals surface area contributed by atoms with Gasteiger partial charge in [0.2, 0.25) is 0 Å². The molecule has 2 aromatic rings. The molecule has 0 heterocycles. The molecule has 4 atom stereocenters. The van der Waals surface area contributed by atoms with E-state index in [1.165, 1.54) is 38.2 Å². The maximum atomic E-state index is 15.4. The molecular weight excluding hydrogens is 366 g/mol. The number of benzene rings is 2. The topological polar surface area (TPSA) is 9.23 Å². The molecule has 2 fully saturated rings. The summed E-state index contributed by atoms with van der Waals surface area (Å²) in [6.07, 6.45) is 12.3. The van der Waals surface area contributed by atoms with Gasteiger partial charge in [-0.1, -0.05) is 44.1 Å². The Kier molecular flexibility index (Phi) is 6.22. The SMILES string of the molecule is C/C=C/COc1cc2ccc([C@@H]3CC[C@@H]4CC(CC)CCC4C3)c(F)c2cc1F. The van der Waals surface area contributed by atoms with Crippen molar-refractivity contribution in [2.75, 3.05) is 6.61 Å². The molecule has 2 unspecified atom stereocenters. The molecule has 1 nitrogen and oxygen atoms in total. The molecular formula is C26H32F2O. The summed E-state index contributed by atoms with van der Waals surface area (Å²) >= 11 is 0. The summed E-state index contributed by atoms with van der Waals surface area (Å²) in [6, 6.07) is 6.77. The molecule has 0 aromatic heterocycles. The largest absolute Gasteiger partial charge is 0.486 e. The highest BCUT2D eigenvalue weighted by Gasteiger charge is 2.36. The van der Waals surface area contributed by atoms with E-state index >= 15 is 4.39 Å². The molecule has 29 heavy (non-hydrogen) atoms. The Bertz CT molecular complexity index is 888. The monoisotopic (exact) mass is 398 g/mol. The average molecular weight is 399 g/mol. The molecule has 2 aliphatic rings. The van der Waals surface area contributed by atoms with Crippen molar-refractivity contribution >= 4 is 10.8 Å². The second kappa shape index (κ2) is 8.85. The molecule has 2 saturated carbocycles. The van der Waals surface area contributed by atoms with Crippen LogP contribution in [0, 0.1) is 29.4 Å². The third-order valence-corrected chi connectivity index (χ3v) is 7.35. The summed E-state index contributed by atoms with van der Waals surface area (Å²) in [5, 5.41) is 1.07. The maximum absolute atomic E-state index is 15.4. The molecule has 0 aliphatic heterocycles. The maximum Gasteiger partial charge on any atom is 0.165 e. The minimum absolute atomic E-state index is 0.177. The summed E-state index contributed by atoms with van der Waals surface area (Å²) < 4.78 is 35.3. The van der Waals surface area contributed by atoms with Crippen molar-refractivity contribution in [1.29, 1.82) is 0 Å². The van der Waals surface area contributed by atoms with Gasteiger partial charge in [0.05, 0.1) is 0 Å². The van der Waals surface area contributed by atoms with Gasteiger partial charge in [0.15, 0.2) is 11.6 Å². The van der Waals surface area contributed by atoms with E-state index in [2.05, 4.69) is 6.92 Å². The molecule has 2 aliphatic carbocycles. The van der Waals surface area contributed by atoms with E-state index in [4.69, 9.17) is 4.74 Å². The molecule has 0 saturated heterocycles. The first-order chi connectivity index (χ1) is 14.1. The van der Waals surface area contributed by atoms with Gasteiger partial charge >= 0.3 is 0 Å². The number of ether oxygens (including phenoxy) is 1. The number of fused-ring (bicyclic) bond motifs is 2. The Balaban J connectivity index is 1.55. The highest BCUT2D eigenvalue weighted by molar-refractivity contribution is 5.85. The first-order valence-corrected chi connectivity index (χ1v) is 11.3. The van der Waals surface area contributed by atoms with Crippen LogP contribution < -0.4 is 4.74 Å². The Morgan fingerprint density at radius 2 is 1.83 bits per heavy atom. The fraction of sp³-hybridized carbons (Fsp3) is 0.538. The summed E-state index contributed by atoms with van der Waals surface area (Å²) in [6.45, 7) is 4.50. The summed E-state index contributed by atoms with van der Waals surface area (Å²) in [4.78, 5) is 0. The van der Waals surface area contributed by atoms with Gasteiger partial charge in [0.1, 0.15) is 12.4 Å². The van der Waals surface area contributed by atoms with Crippen molar-refractivity contribution in [2.24, 2.45) is 17.8 Å². The summed E-state index contributed by atoms with van der Waals surface area (Å²) in [5.74, 6) is 2.13. The molecule has 2 aromatic carbocycles. The van der Waals surface area contributed by atoms with Crippen LogP contribution in [0.5, 0.6) is 5.75 Å². The zero-order valence-corrected chi connectivity index (χ0v) is 17.6. The van der Waals surface area contributed by atoms with Crippen LogP contribution in [-0.2, 0) is 0 Å². The Morgan fingerprint density at radius 3 is 2.62 bits per heavy atom. The van der Waals surface area contributed by atoms with E-state index < -0.39 is 5.82 Å². The van der Waals surface area contributed by atoms with Gasteiger partial charge in [-0.3, -0.25) is 0 Å². The fourth-order valence-electron chi connectivity index (χ4n) is 5.60. The van der Waals surface area contributed by atoms with Gasteiger partial charge in [0, 0.05) is 5.39 Å². The molecule has 0 amide bonds. The molecule has 0 spiro atoms. The Hall–Kier alpha value is -1.90. The number of allylic oxidation sites excluding steroid dienone is 1. The zero-order chi connectivity index (χ0) is 20.4. The van der Waals surface area contributed by atoms with Crippen LogP contribution >= 0.6 is 0 Å². The van der Waals surface area contributed by atoms with Crippen molar-refractivity contribution in [3.8, 4) is 5.75 Å². The number of rotatable bonds is 5. The van der Waals surface area contributed by atoms with Crippen LogP contribution in [-0.4, -0.2) is 6.61 Å². The van der Waals surface area contributed by atoms with E-state index in [1.54, 1.807) is 6.07 Å². The standard InChI is InChI=1S/C26H32F2O/c1-3-5-12-29-25-15-21-10-11-22(26(28)23(21)16-24(25)27)20-9-8-18-13-17(4-2)6-7-19(18)14-20/h3,5,10-11,15-20H,4,6-9,12-14H2,1-2H3/b5-3+/t17?,18-,19?,20-/m1/s1. The van der Waals surface area contributed by atoms with Crippen molar-refractivity contribution < 1.29 is 13.5 Å². The van der Waals surface area contributed by atoms with Gasteiger partial charge in [-0.05, 0) is 85.8 Å². The molecule has 0 radical (unpaired) electrons. The van der Waals surface area contributed by atoms with Crippen molar-refractivity contribution in [3.05, 3.63) is 53.6 Å². The van der Waals surface area contributed by atoms with E-state index in [-0.39, 0.29) is 17.5 Å². The van der Waals surface area contributed by atoms with E-state index in [1.807, 2.05) is 31.2 Å². The van der Waals surface area contributed by atoms with Crippen LogP contribution in [0.3, 0.4) is 0 Å². The van der Waals surface area contributed by atoms with Gasteiger partial charge in [-0.2, -0.15) is 0 Å². The zero-order valence-electron chi connectivity index (χ0n) is 17.6. The van der Waals surface area contributed by atoms with Crippen LogP contribution in [0.2, 0.25) is 0 Å². The lowest BCUT2D eigenvalue weighted by Crippen LogP contribution is -2.30. The summed E-state index contributed by atoms with van der Waals surface area (Å²) in [7, 11) is 0. The normalized spacial score (nSPS) is 27.3. The van der Waals surface area contributed by atoms with Crippen LogP contribution in [0.15, 0.2) is 36.4 Å². The molecule has 4 rings (SSSR count). The predicted molar refractivity (Wildman–Crippen MR) is 115 cm³/mol. The lowest BCUT2D eigenvalue weighted by Gasteiger charge is -2.42. The van der Waals surface area contributed by atoms with E-state index in [0.29, 0.717) is 17.4 Å². The van der Waals surface area contributed by atoms with Crippen molar-refractivity contribution in [3.63, 3.8) is 0 Å². The average Bonchev–Trinajstić information content (AvgIpc) is 2.74. The second-order valence-corrected chi connectivity index (χ2v) is 8.97. The number of halogens is 2. The van der Waals surface area contributed by atoms with Crippen LogP contribution in [0.25, 0.3) is 10.8 Å². The number of hydrogen-bond donors (Lipinski definition) is 0. The van der Waals surface area contributed by atoms with Gasteiger partial charge in [-0.15, -0.1) is 0 Å². The first kappa shape index (κ1) is 20.4. The minimum atomic E-state index is -0.500. The lowest BCUT2D eigenvalue weighted by molar-refractivity contribution is 0.116. The molecule has 156 valence electrons. The van der Waals surface area contributed by atoms with E-state index in [0.717, 1.165) is 36.2 Å².